The maximum absolute atomic E-state index is 12.6. The molecule has 110 valence electrons. The van der Waals surface area contributed by atoms with E-state index in [0.717, 1.165) is 24.4 Å². The summed E-state index contributed by atoms with van der Waals surface area (Å²) in [7, 11) is 1.61. The second-order valence-corrected chi connectivity index (χ2v) is 5.12. The van der Waals surface area contributed by atoms with E-state index in [1.165, 1.54) is 0 Å². The summed E-state index contributed by atoms with van der Waals surface area (Å²) in [5.74, 6) is 1.22. The average Bonchev–Trinajstić information content (AvgIpc) is 2.94. The van der Waals surface area contributed by atoms with E-state index in [0.29, 0.717) is 12.4 Å². The highest BCUT2D eigenvalue weighted by Gasteiger charge is 2.23. The van der Waals surface area contributed by atoms with Gasteiger partial charge in [0.1, 0.15) is 5.75 Å². The van der Waals surface area contributed by atoms with Gasteiger partial charge in [-0.05, 0) is 30.7 Å². The van der Waals surface area contributed by atoms with Gasteiger partial charge in [0.15, 0.2) is 5.82 Å². The van der Waals surface area contributed by atoms with Crippen LogP contribution in [-0.2, 0) is 0 Å². The van der Waals surface area contributed by atoms with Crippen molar-refractivity contribution in [1.82, 2.24) is 9.55 Å². The molecule has 6 nitrogen and oxygen atoms in total. The predicted molar refractivity (Wildman–Crippen MR) is 81.2 cm³/mol. The van der Waals surface area contributed by atoms with E-state index in [-0.39, 0.29) is 11.6 Å². The van der Waals surface area contributed by atoms with Crippen LogP contribution in [0.2, 0.25) is 0 Å². The topological polar surface area (TPSA) is 73.4 Å². The number of nitrogens with zero attached hydrogens (tertiary/aromatic N) is 3. The zero-order chi connectivity index (χ0) is 14.8. The third kappa shape index (κ3) is 2.62. The second kappa shape index (κ2) is 5.57. The quantitative estimate of drug-likeness (QED) is 0.902. The number of hydrogen-bond acceptors (Lipinski definition) is 5. The zero-order valence-corrected chi connectivity index (χ0v) is 11.9. The Labute approximate surface area is 122 Å². The molecule has 3 rings (SSSR count). The summed E-state index contributed by atoms with van der Waals surface area (Å²) in [4.78, 5) is 18.8. The molecule has 1 aliphatic rings. The van der Waals surface area contributed by atoms with Gasteiger partial charge >= 0.3 is 0 Å². The van der Waals surface area contributed by atoms with E-state index in [1.54, 1.807) is 24.1 Å². The molecule has 1 aromatic carbocycles. The molecule has 2 heterocycles. The first-order valence-electron chi connectivity index (χ1n) is 6.91. The Bertz CT molecular complexity index is 681. The number of nitrogens with two attached hydrogens (primary N) is 1. The number of benzene rings is 1. The maximum atomic E-state index is 12.6. The van der Waals surface area contributed by atoms with Gasteiger partial charge in [0.05, 0.1) is 7.11 Å². The fourth-order valence-electron chi connectivity index (χ4n) is 2.54. The minimum absolute atomic E-state index is 0.112. The van der Waals surface area contributed by atoms with Crippen LogP contribution in [-0.4, -0.2) is 35.8 Å². The van der Waals surface area contributed by atoms with E-state index >= 15 is 0 Å². The molecule has 0 bridgehead atoms. The van der Waals surface area contributed by atoms with Gasteiger partial charge in [0.2, 0.25) is 0 Å². The first kappa shape index (κ1) is 13.6. The predicted octanol–water partition coefficient (Wildman–Crippen LogP) is 0.779. The highest BCUT2D eigenvalue weighted by molar-refractivity contribution is 5.43. The molecule has 1 aliphatic heterocycles. The molecule has 1 atom stereocenters. The highest BCUT2D eigenvalue weighted by Crippen LogP contribution is 2.16. The lowest BCUT2D eigenvalue weighted by Gasteiger charge is -2.17. The molecule has 1 saturated heterocycles. The molecular formula is C15H18N4O2. The van der Waals surface area contributed by atoms with E-state index in [1.807, 2.05) is 29.2 Å². The maximum Gasteiger partial charge on any atom is 0.298 e. The molecule has 21 heavy (non-hydrogen) atoms. The van der Waals surface area contributed by atoms with Gasteiger partial charge in [-0.25, -0.2) is 4.98 Å². The SMILES string of the molecule is COc1ccc(-n2ccnc(N3CCC(N)C3)c2=O)cc1. The van der Waals surface area contributed by atoms with E-state index in [4.69, 9.17) is 10.5 Å². The smallest absolute Gasteiger partial charge is 0.298 e. The van der Waals surface area contributed by atoms with E-state index < -0.39 is 0 Å². The number of hydrogen-bond donors (Lipinski definition) is 1. The lowest BCUT2D eigenvalue weighted by molar-refractivity contribution is 0.414. The van der Waals surface area contributed by atoms with Gasteiger partial charge in [0.25, 0.3) is 5.56 Å². The summed E-state index contributed by atoms with van der Waals surface area (Å²) >= 11 is 0. The van der Waals surface area contributed by atoms with Crippen molar-refractivity contribution in [1.29, 1.82) is 0 Å². The second-order valence-electron chi connectivity index (χ2n) is 5.12. The average molecular weight is 286 g/mol. The highest BCUT2D eigenvalue weighted by atomic mass is 16.5. The number of methoxy groups -OCH3 is 1. The normalized spacial score (nSPS) is 18.0. The van der Waals surface area contributed by atoms with Crippen LogP contribution < -0.4 is 20.9 Å². The third-order valence-electron chi connectivity index (χ3n) is 3.70. The van der Waals surface area contributed by atoms with Crippen molar-refractivity contribution in [2.45, 2.75) is 12.5 Å². The summed E-state index contributed by atoms with van der Waals surface area (Å²) < 4.78 is 6.72. The third-order valence-corrected chi connectivity index (χ3v) is 3.70. The molecule has 0 spiro atoms. The summed E-state index contributed by atoms with van der Waals surface area (Å²) in [6.07, 6.45) is 4.20. The van der Waals surface area contributed by atoms with Gasteiger partial charge < -0.3 is 15.4 Å². The molecular weight excluding hydrogens is 268 g/mol. The molecule has 0 aliphatic carbocycles. The summed E-state index contributed by atoms with van der Waals surface area (Å²) in [5.41, 5.74) is 6.56. The first-order valence-corrected chi connectivity index (χ1v) is 6.91. The van der Waals surface area contributed by atoms with Crippen molar-refractivity contribution < 1.29 is 4.74 Å². The molecule has 2 aromatic rings. The van der Waals surface area contributed by atoms with Crippen LogP contribution >= 0.6 is 0 Å². The van der Waals surface area contributed by atoms with Crippen LogP contribution in [0.25, 0.3) is 5.69 Å². The number of anilines is 1. The minimum Gasteiger partial charge on any atom is -0.497 e. The van der Waals surface area contributed by atoms with Crippen molar-refractivity contribution >= 4 is 5.82 Å². The Morgan fingerprint density at radius 1 is 1.33 bits per heavy atom. The van der Waals surface area contributed by atoms with Gasteiger partial charge in [-0.3, -0.25) is 9.36 Å². The van der Waals surface area contributed by atoms with Gasteiger partial charge in [0, 0.05) is 37.2 Å². The Morgan fingerprint density at radius 2 is 2.10 bits per heavy atom. The lowest BCUT2D eigenvalue weighted by Crippen LogP contribution is -2.33. The summed E-state index contributed by atoms with van der Waals surface area (Å²) in [5, 5.41) is 0. The van der Waals surface area contributed by atoms with E-state index in [9.17, 15) is 4.79 Å². The monoisotopic (exact) mass is 286 g/mol. The Hall–Kier alpha value is -2.34. The molecule has 0 radical (unpaired) electrons. The van der Waals surface area contributed by atoms with Gasteiger partial charge in [-0.1, -0.05) is 0 Å². The largest absolute Gasteiger partial charge is 0.497 e. The molecule has 0 amide bonds. The van der Waals surface area contributed by atoms with E-state index in [2.05, 4.69) is 4.98 Å². The standard InChI is InChI=1S/C15H18N4O2/c1-21-13-4-2-12(3-5-13)19-9-7-17-14(15(19)20)18-8-6-11(16)10-18/h2-5,7,9,11H,6,8,10,16H2,1H3. The Balaban J connectivity index is 1.98. The molecule has 2 N–H and O–H groups in total. The number of aromatic nitrogens is 2. The number of rotatable bonds is 3. The molecule has 6 heteroatoms. The van der Waals surface area contributed by atoms with Crippen LogP contribution in [0, 0.1) is 0 Å². The lowest BCUT2D eigenvalue weighted by atomic mass is 10.3. The molecule has 0 saturated carbocycles. The summed E-state index contributed by atoms with van der Waals surface area (Å²) in [6.45, 7) is 1.45. The van der Waals surface area contributed by atoms with Crippen molar-refractivity contribution in [2.75, 3.05) is 25.1 Å². The van der Waals surface area contributed by atoms with Gasteiger partial charge in [-0.2, -0.15) is 0 Å². The first-order chi connectivity index (χ1) is 10.2. The fourth-order valence-corrected chi connectivity index (χ4v) is 2.54. The number of ether oxygens (including phenoxy) is 1. The van der Waals surface area contributed by atoms with Crippen LogP contribution in [0.4, 0.5) is 5.82 Å². The summed E-state index contributed by atoms with van der Waals surface area (Å²) in [6, 6.07) is 7.46. The fraction of sp³-hybridized carbons (Fsp3) is 0.333. The Kier molecular flexibility index (Phi) is 3.62. The van der Waals surface area contributed by atoms with Gasteiger partial charge in [-0.15, -0.1) is 0 Å². The van der Waals surface area contributed by atoms with Crippen LogP contribution in [0.1, 0.15) is 6.42 Å². The van der Waals surface area contributed by atoms with Crippen molar-refractivity contribution in [3.05, 3.63) is 47.0 Å². The molecule has 1 aromatic heterocycles. The van der Waals surface area contributed by atoms with Crippen molar-refractivity contribution in [3.63, 3.8) is 0 Å². The molecule has 1 fully saturated rings. The Morgan fingerprint density at radius 3 is 2.71 bits per heavy atom. The van der Waals surface area contributed by atoms with Crippen LogP contribution in [0.3, 0.4) is 0 Å². The van der Waals surface area contributed by atoms with Crippen LogP contribution in [0.15, 0.2) is 41.5 Å². The minimum atomic E-state index is -0.128. The van der Waals surface area contributed by atoms with Crippen LogP contribution in [0.5, 0.6) is 5.75 Å². The van der Waals surface area contributed by atoms with Crippen molar-refractivity contribution in [3.8, 4) is 11.4 Å². The van der Waals surface area contributed by atoms with Crippen molar-refractivity contribution in [2.24, 2.45) is 5.73 Å². The molecule has 1 unspecified atom stereocenters. The zero-order valence-electron chi connectivity index (χ0n) is 11.9.